The van der Waals surface area contributed by atoms with Crippen LogP contribution in [0.4, 0.5) is 11.4 Å². The van der Waals surface area contributed by atoms with Crippen molar-refractivity contribution in [3.8, 4) is 5.75 Å². The number of anilines is 2. The number of aryl methyl sites for hydroxylation is 1. The molecule has 1 aliphatic heterocycles. The van der Waals surface area contributed by atoms with Gasteiger partial charge >= 0.3 is 0 Å². The third-order valence-corrected chi connectivity index (χ3v) is 4.80. The summed E-state index contributed by atoms with van der Waals surface area (Å²) in [4.78, 5) is 28.1. The number of hydrogen-bond donors (Lipinski definition) is 1. The van der Waals surface area contributed by atoms with Crippen LogP contribution in [0.3, 0.4) is 0 Å². The molecule has 6 nitrogen and oxygen atoms in total. The molecule has 0 fully saturated rings. The summed E-state index contributed by atoms with van der Waals surface area (Å²) < 4.78 is 5.19. The number of amides is 2. The highest BCUT2D eigenvalue weighted by atomic mass is 16.5. The first-order valence-electron chi connectivity index (χ1n) is 9.14. The number of nitrogens with zero attached hydrogens (tertiary/aromatic N) is 2. The summed E-state index contributed by atoms with van der Waals surface area (Å²) in [5.74, 6) is 0.372. The largest absolute Gasteiger partial charge is 0.497 e. The van der Waals surface area contributed by atoms with E-state index in [4.69, 9.17) is 10.5 Å². The first kappa shape index (κ1) is 18.8. The monoisotopic (exact) mass is 367 g/mol. The fraction of sp³-hybridized carbons (Fsp3) is 0.333. The maximum atomic E-state index is 13.1. The molecule has 0 saturated carbocycles. The standard InChI is InChI=1S/C21H25N3O3/c1-27-18-10-8-17(9-11-18)23(14-12-20(22)25)15-21(26)24-13-4-6-16-5-2-3-7-19(16)24/h2-3,5,7-11H,4,6,12-15H2,1H3,(H2,22,25). The Bertz CT molecular complexity index is 805. The zero-order chi connectivity index (χ0) is 19.2. The lowest BCUT2D eigenvalue weighted by Gasteiger charge is -2.32. The Kier molecular flexibility index (Phi) is 5.96. The van der Waals surface area contributed by atoms with Gasteiger partial charge in [0.25, 0.3) is 0 Å². The average Bonchev–Trinajstić information content (AvgIpc) is 2.70. The molecule has 6 heteroatoms. The molecule has 142 valence electrons. The molecule has 0 unspecified atom stereocenters. The van der Waals surface area contributed by atoms with E-state index in [1.807, 2.05) is 52.3 Å². The number of fused-ring (bicyclic) bond motifs is 1. The van der Waals surface area contributed by atoms with Crippen molar-refractivity contribution < 1.29 is 14.3 Å². The molecule has 3 rings (SSSR count). The van der Waals surface area contributed by atoms with Gasteiger partial charge in [-0.25, -0.2) is 0 Å². The number of rotatable bonds is 7. The van der Waals surface area contributed by atoms with Crippen molar-refractivity contribution in [1.29, 1.82) is 0 Å². The maximum absolute atomic E-state index is 13.1. The van der Waals surface area contributed by atoms with Gasteiger partial charge in [-0.15, -0.1) is 0 Å². The predicted molar refractivity (Wildman–Crippen MR) is 106 cm³/mol. The van der Waals surface area contributed by atoms with Crippen molar-refractivity contribution in [1.82, 2.24) is 0 Å². The summed E-state index contributed by atoms with van der Waals surface area (Å²) >= 11 is 0. The summed E-state index contributed by atoms with van der Waals surface area (Å²) in [5.41, 5.74) is 8.36. The third-order valence-electron chi connectivity index (χ3n) is 4.80. The predicted octanol–water partition coefficient (Wildman–Crippen LogP) is 2.36. The Morgan fingerprint density at radius 2 is 1.89 bits per heavy atom. The number of ether oxygens (including phenoxy) is 1. The van der Waals surface area contributed by atoms with Crippen LogP contribution in [0.1, 0.15) is 18.4 Å². The van der Waals surface area contributed by atoms with Crippen LogP contribution >= 0.6 is 0 Å². The van der Waals surface area contributed by atoms with Gasteiger partial charge in [0.05, 0.1) is 13.7 Å². The van der Waals surface area contributed by atoms with Crippen LogP contribution in [0.2, 0.25) is 0 Å². The third kappa shape index (κ3) is 4.58. The van der Waals surface area contributed by atoms with Crippen molar-refractivity contribution >= 4 is 23.2 Å². The van der Waals surface area contributed by atoms with Crippen molar-refractivity contribution in [3.63, 3.8) is 0 Å². The molecule has 0 aliphatic carbocycles. The van der Waals surface area contributed by atoms with Gasteiger partial charge in [0.15, 0.2) is 0 Å². The zero-order valence-corrected chi connectivity index (χ0v) is 15.6. The van der Waals surface area contributed by atoms with E-state index in [-0.39, 0.29) is 24.8 Å². The van der Waals surface area contributed by atoms with Crippen LogP contribution in [-0.4, -0.2) is 38.6 Å². The van der Waals surface area contributed by atoms with Crippen LogP contribution in [0.25, 0.3) is 0 Å². The maximum Gasteiger partial charge on any atom is 0.246 e. The van der Waals surface area contributed by atoms with Crippen molar-refractivity contribution in [2.45, 2.75) is 19.3 Å². The van der Waals surface area contributed by atoms with Gasteiger partial charge < -0.3 is 20.3 Å². The van der Waals surface area contributed by atoms with Crippen molar-refractivity contribution in [2.75, 3.05) is 36.5 Å². The first-order valence-corrected chi connectivity index (χ1v) is 9.14. The lowest BCUT2D eigenvalue weighted by molar-refractivity contribution is -0.119. The number of carbonyl (C=O) groups is 2. The van der Waals surface area contributed by atoms with Crippen LogP contribution in [0.5, 0.6) is 5.75 Å². The minimum Gasteiger partial charge on any atom is -0.497 e. The van der Waals surface area contributed by atoms with Crippen LogP contribution in [0, 0.1) is 0 Å². The Labute approximate surface area is 159 Å². The molecule has 0 spiro atoms. The van der Waals surface area contributed by atoms with Gasteiger partial charge in [0.1, 0.15) is 5.75 Å². The zero-order valence-electron chi connectivity index (χ0n) is 15.6. The summed E-state index contributed by atoms with van der Waals surface area (Å²) in [6, 6.07) is 15.5. The molecule has 0 radical (unpaired) electrons. The second kappa shape index (κ2) is 8.58. The van der Waals surface area contributed by atoms with E-state index >= 15 is 0 Å². The Morgan fingerprint density at radius 3 is 2.59 bits per heavy atom. The molecule has 0 bridgehead atoms. The topological polar surface area (TPSA) is 75.9 Å². The van der Waals surface area contributed by atoms with Crippen LogP contribution in [0.15, 0.2) is 48.5 Å². The van der Waals surface area contributed by atoms with Gasteiger partial charge in [-0.3, -0.25) is 9.59 Å². The lowest BCUT2D eigenvalue weighted by Crippen LogP contribution is -2.43. The molecule has 2 N–H and O–H groups in total. The average molecular weight is 367 g/mol. The molecule has 2 aromatic carbocycles. The fourth-order valence-electron chi connectivity index (χ4n) is 3.38. The summed E-state index contributed by atoms with van der Waals surface area (Å²) in [6.45, 7) is 1.29. The number of para-hydroxylation sites is 1. The summed E-state index contributed by atoms with van der Waals surface area (Å²) in [5, 5.41) is 0. The molecular formula is C21H25N3O3. The molecule has 0 atom stereocenters. The number of nitrogens with two attached hydrogens (primary N) is 1. The van der Waals surface area contributed by atoms with Gasteiger partial charge in [-0.1, -0.05) is 18.2 Å². The number of primary amides is 1. The van der Waals surface area contributed by atoms with Crippen molar-refractivity contribution in [3.05, 3.63) is 54.1 Å². The quantitative estimate of drug-likeness (QED) is 0.815. The molecule has 1 aliphatic rings. The van der Waals surface area contributed by atoms with E-state index in [1.165, 1.54) is 5.56 Å². The fourth-order valence-corrected chi connectivity index (χ4v) is 3.38. The molecule has 1 heterocycles. The molecule has 0 saturated heterocycles. The number of methoxy groups -OCH3 is 1. The normalized spacial score (nSPS) is 13.0. The Hall–Kier alpha value is -3.02. The Morgan fingerprint density at radius 1 is 1.15 bits per heavy atom. The lowest BCUT2D eigenvalue weighted by atomic mass is 10.0. The van der Waals surface area contributed by atoms with Gasteiger partial charge in [-0.2, -0.15) is 0 Å². The van der Waals surface area contributed by atoms with E-state index < -0.39 is 0 Å². The molecule has 27 heavy (non-hydrogen) atoms. The SMILES string of the molecule is COc1ccc(N(CCC(N)=O)CC(=O)N2CCCc3ccccc32)cc1. The van der Waals surface area contributed by atoms with E-state index in [2.05, 4.69) is 6.07 Å². The number of carbonyl (C=O) groups excluding carboxylic acids is 2. The number of benzene rings is 2. The smallest absolute Gasteiger partial charge is 0.246 e. The molecule has 2 aromatic rings. The summed E-state index contributed by atoms with van der Waals surface area (Å²) in [7, 11) is 1.61. The highest BCUT2D eigenvalue weighted by Gasteiger charge is 2.24. The Balaban J connectivity index is 1.79. The van der Waals surface area contributed by atoms with E-state index in [1.54, 1.807) is 7.11 Å². The highest BCUT2D eigenvalue weighted by Crippen LogP contribution is 2.27. The van der Waals surface area contributed by atoms with E-state index in [0.717, 1.165) is 30.0 Å². The minimum absolute atomic E-state index is 0.0161. The van der Waals surface area contributed by atoms with E-state index in [9.17, 15) is 9.59 Å². The van der Waals surface area contributed by atoms with Gasteiger partial charge in [0, 0.05) is 30.9 Å². The van der Waals surface area contributed by atoms with Gasteiger partial charge in [0.2, 0.25) is 11.8 Å². The second-order valence-electron chi connectivity index (χ2n) is 6.61. The van der Waals surface area contributed by atoms with E-state index in [0.29, 0.717) is 13.1 Å². The number of hydrogen-bond acceptors (Lipinski definition) is 4. The van der Waals surface area contributed by atoms with Crippen LogP contribution < -0.4 is 20.3 Å². The first-order chi connectivity index (χ1) is 13.1. The molecular weight excluding hydrogens is 342 g/mol. The molecule has 0 aromatic heterocycles. The van der Waals surface area contributed by atoms with Gasteiger partial charge in [-0.05, 0) is 48.7 Å². The minimum atomic E-state index is -0.385. The summed E-state index contributed by atoms with van der Waals surface area (Å²) in [6.07, 6.45) is 2.13. The molecule has 2 amide bonds. The van der Waals surface area contributed by atoms with Crippen LogP contribution in [-0.2, 0) is 16.0 Å². The highest BCUT2D eigenvalue weighted by molar-refractivity contribution is 5.97. The van der Waals surface area contributed by atoms with Crippen molar-refractivity contribution in [2.24, 2.45) is 5.73 Å². The second-order valence-corrected chi connectivity index (χ2v) is 6.61.